The predicted octanol–water partition coefficient (Wildman–Crippen LogP) is -0.107. The Labute approximate surface area is 89.3 Å². The number of hydrogen-bond acceptors (Lipinski definition) is 4. The summed E-state index contributed by atoms with van der Waals surface area (Å²) in [6, 6.07) is 3.87. The lowest BCUT2D eigenvalue weighted by Gasteiger charge is -2.18. The van der Waals surface area contributed by atoms with Gasteiger partial charge in [0.15, 0.2) is 0 Å². The normalized spacial score (nSPS) is 10.3. The maximum absolute atomic E-state index is 11.1. The number of nitrogens with zero attached hydrogens (tertiary/aromatic N) is 2. The number of carbonyl (C=O) groups is 1. The number of hydrogen-bond donors (Lipinski definition) is 2. The first-order valence-corrected chi connectivity index (χ1v) is 4.87. The van der Waals surface area contributed by atoms with Crippen LogP contribution in [0.2, 0.25) is 0 Å². The smallest absolute Gasteiger partial charge is 0.248 e. The molecule has 3 N–H and O–H groups in total. The Morgan fingerprint density at radius 2 is 2.20 bits per heavy atom. The van der Waals surface area contributed by atoms with Crippen LogP contribution in [0, 0.1) is 0 Å². The third-order valence-corrected chi connectivity index (χ3v) is 2.13. The molecule has 1 rings (SSSR count). The topological polar surface area (TPSA) is 71.2 Å². The van der Waals surface area contributed by atoms with Gasteiger partial charge >= 0.3 is 0 Å². The van der Waals surface area contributed by atoms with Gasteiger partial charge in [0.25, 0.3) is 0 Å². The molecule has 0 radical (unpaired) electrons. The molecule has 5 heteroatoms. The van der Waals surface area contributed by atoms with Crippen molar-refractivity contribution in [2.45, 2.75) is 13.5 Å². The second-order valence-electron chi connectivity index (χ2n) is 3.23. The fourth-order valence-corrected chi connectivity index (χ4v) is 1.27. The molecule has 5 nitrogen and oxygen atoms in total. The average molecular weight is 208 g/mol. The second kappa shape index (κ2) is 6.10. The van der Waals surface area contributed by atoms with Crippen LogP contribution in [-0.4, -0.2) is 28.9 Å². The Morgan fingerprint density at radius 1 is 1.53 bits per heavy atom. The lowest BCUT2D eigenvalue weighted by molar-refractivity contribution is -0.122. The van der Waals surface area contributed by atoms with E-state index in [2.05, 4.69) is 10.4 Å². The molecule has 0 spiro atoms. The van der Waals surface area contributed by atoms with Crippen LogP contribution >= 0.6 is 0 Å². The van der Waals surface area contributed by atoms with Gasteiger partial charge in [-0.1, -0.05) is 6.92 Å². The van der Waals surface area contributed by atoms with Crippen molar-refractivity contribution in [2.24, 2.45) is 5.84 Å². The zero-order valence-electron chi connectivity index (χ0n) is 8.81. The van der Waals surface area contributed by atoms with Gasteiger partial charge in [0.05, 0.1) is 6.54 Å². The number of nitrogens with one attached hydrogen (secondary N) is 1. The maximum Gasteiger partial charge on any atom is 0.248 e. The molecule has 0 bridgehead atoms. The molecular weight excluding hydrogens is 192 g/mol. The molecule has 0 unspecified atom stereocenters. The number of likely N-dealkylation sites (N-methyl/N-ethyl adjacent to an activating group) is 1. The maximum atomic E-state index is 11.1. The van der Waals surface area contributed by atoms with Gasteiger partial charge in [0, 0.05) is 18.9 Å². The van der Waals surface area contributed by atoms with Gasteiger partial charge in [-0.25, -0.2) is 5.84 Å². The standard InChI is InChI=1S/C10H16N4O/c1-2-14(8-10(15)13-11)7-9-3-5-12-6-4-9/h3-6H,2,7-8,11H2,1H3,(H,13,15). The number of pyridine rings is 1. The van der Waals surface area contributed by atoms with E-state index in [4.69, 9.17) is 5.84 Å². The summed E-state index contributed by atoms with van der Waals surface area (Å²) in [7, 11) is 0. The molecular formula is C10H16N4O. The number of nitrogens with two attached hydrogens (primary N) is 1. The molecule has 0 fully saturated rings. The number of hydrazine groups is 1. The van der Waals surface area contributed by atoms with E-state index in [1.165, 1.54) is 0 Å². The predicted molar refractivity (Wildman–Crippen MR) is 57.5 cm³/mol. The third kappa shape index (κ3) is 4.05. The van der Waals surface area contributed by atoms with Crippen molar-refractivity contribution in [1.82, 2.24) is 15.3 Å². The molecule has 82 valence electrons. The van der Waals surface area contributed by atoms with Crippen molar-refractivity contribution in [1.29, 1.82) is 0 Å². The zero-order chi connectivity index (χ0) is 11.1. The van der Waals surface area contributed by atoms with Gasteiger partial charge in [-0.15, -0.1) is 0 Å². The van der Waals surface area contributed by atoms with E-state index in [0.29, 0.717) is 6.54 Å². The average Bonchev–Trinajstić information content (AvgIpc) is 2.29. The molecule has 0 atom stereocenters. The first kappa shape index (κ1) is 11.6. The second-order valence-corrected chi connectivity index (χ2v) is 3.23. The van der Waals surface area contributed by atoms with Gasteiger partial charge in [-0.05, 0) is 24.2 Å². The van der Waals surface area contributed by atoms with Crippen molar-refractivity contribution in [3.8, 4) is 0 Å². The van der Waals surface area contributed by atoms with E-state index >= 15 is 0 Å². The lowest BCUT2D eigenvalue weighted by atomic mass is 10.2. The van der Waals surface area contributed by atoms with Crippen LogP contribution in [-0.2, 0) is 11.3 Å². The molecule has 0 aliphatic heterocycles. The van der Waals surface area contributed by atoms with Gasteiger partial charge in [-0.3, -0.25) is 20.1 Å². The van der Waals surface area contributed by atoms with Crippen molar-refractivity contribution in [3.05, 3.63) is 30.1 Å². The Balaban J connectivity index is 2.50. The molecule has 1 aromatic heterocycles. The van der Waals surface area contributed by atoms with Crippen LogP contribution in [0.15, 0.2) is 24.5 Å². The van der Waals surface area contributed by atoms with Crippen LogP contribution in [0.5, 0.6) is 0 Å². The summed E-state index contributed by atoms with van der Waals surface area (Å²) in [6.07, 6.45) is 3.48. The largest absolute Gasteiger partial charge is 0.293 e. The van der Waals surface area contributed by atoms with Crippen LogP contribution < -0.4 is 11.3 Å². The summed E-state index contributed by atoms with van der Waals surface area (Å²) >= 11 is 0. The van der Waals surface area contributed by atoms with E-state index in [1.54, 1.807) is 12.4 Å². The van der Waals surface area contributed by atoms with Gasteiger partial charge in [0.1, 0.15) is 0 Å². The fourth-order valence-electron chi connectivity index (χ4n) is 1.27. The third-order valence-electron chi connectivity index (χ3n) is 2.13. The molecule has 0 saturated heterocycles. The molecule has 0 saturated carbocycles. The molecule has 1 amide bonds. The quantitative estimate of drug-likeness (QED) is 0.402. The van der Waals surface area contributed by atoms with Gasteiger partial charge in [-0.2, -0.15) is 0 Å². The zero-order valence-corrected chi connectivity index (χ0v) is 8.81. The van der Waals surface area contributed by atoms with Gasteiger partial charge in [0.2, 0.25) is 5.91 Å². The molecule has 0 aliphatic rings. The highest BCUT2D eigenvalue weighted by atomic mass is 16.2. The monoisotopic (exact) mass is 208 g/mol. The lowest BCUT2D eigenvalue weighted by Crippen LogP contribution is -2.40. The van der Waals surface area contributed by atoms with Crippen molar-refractivity contribution in [2.75, 3.05) is 13.1 Å². The Kier molecular flexibility index (Phi) is 4.73. The van der Waals surface area contributed by atoms with Crippen molar-refractivity contribution in [3.63, 3.8) is 0 Å². The minimum Gasteiger partial charge on any atom is -0.293 e. The Hall–Kier alpha value is -1.46. The first-order valence-electron chi connectivity index (χ1n) is 4.87. The van der Waals surface area contributed by atoms with Crippen LogP contribution in [0.3, 0.4) is 0 Å². The summed E-state index contributed by atoms with van der Waals surface area (Å²) < 4.78 is 0. The van der Waals surface area contributed by atoms with Crippen molar-refractivity contribution < 1.29 is 4.79 Å². The number of carbonyl (C=O) groups excluding carboxylic acids is 1. The van der Waals surface area contributed by atoms with E-state index < -0.39 is 0 Å². The minimum atomic E-state index is -0.175. The Morgan fingerprint density at radius 3 is 2.73 bits per heavy atom. The highest BCUT2D eigenvalue weighted by molar-refractivity contribution is 5.77. The number of rotatable bonds is 5. The molecule has 1 aromatic rings. The number of aromatic nitrogens is 1. The summed E-state index contributed by atoms with van der Waals surface area (Å²) in [6.45, 7) is 3.85. The highest BCUT2D eigenvalue weighted by Gasteiger charge is 2.07. The van der Waals surface area contributed by atoms with Crippen molar-refractivity contribution >= 4 is 5.91 Å². The van der Waals surface area contributed by atoms with E-state index in [0.717, 1.165) is 18.7 Å². The van der Waals surface area contributed by atoms with E-state index in [-0.39, 0.29) is 5.91 Å². The Bertz CT molecular complexity index is 302. The first-order chi connectivity index (χ1) is 7.26. The van der Waals surface area contributed by atoms with Crippen LogP contribution in [0.4, 0.5) is 0 Å². The number of amides is 1. The minimum absolute atomic E-state index is 0.175. The molecule has 1 heterocycles. The summed E-state index contributed by atoms with van der Waals surface area (Å²) in [4.78, 5) is 17.0. The van der Waals surface area contributed by atoms with E-state index in [9.17, 15) is 4.79 Å². The van der Waals surface area contributed by atoms with E-state index in [1.807, 2.05) is 24.0 Å². The van der Waals surface area contributed by atoms with Gasteiger partial charge < -0.3 is 0 Å². The summed E-state index contributed by atoms with van der Waals surface area (Å²) in [5, 5.41) is 0. The summed E-state index contributed by atoms with van der Waals surface area (Å²) in [5.74, 6) is 4.86. The molecule has 15 heavy (non-hydrogen) atoms. The van der Waals surface area contributed by atoms with Crippen LogP contribution in [0.1, 0.15) is 12.5 Å². The molecule has 0 aliphatic carbocycles. The highest BCUT2D eigenvalue weighted by Crippen LogP contribution is 2.02. The SMILES string of the molecule is CCN(CC(=O)NN)Cc1ccncc1. The fraction of sp³-hybridized carbons (Fsp3) is 0.400. The summed E-state index contributed by atoms with van der Waals surface area (Å²) in [5.41, 5.74) is 3.26. The molecule has 0 aromatic carbocycles. The van der Waals surface area contributed by atoms with Crippen LogP contribution in [0.25, 0.3) is 0 Å².